The number of aryl methyl sites for hydroxylation is 1. The number of nitrogen functional groups attached to an aromatic ring is 1. The van der Waals surface area contributed by atoms with Crippen molar-refractivity contribution < 1.29 is 9.00 Å². The number of anilines is 1. The number of nitrogens with two attached hydrogens (primary N) is 1. The third-order valence-corrected chi connectivity index (χ3v) is 2.98. The largest absolute Gasteiger partial charge is 0.384 e. The van der Waals surface area contributed by atoms with Crippen LogP contribution in [0.4, 0.5) is 5.82 Å². The van der Waals surface area contributed by atoms with E-state index in [1.807, 2.05) is 6.92 Å². The van der Waals surface area contributed by atoms with Gasteiger partial charge in [-0.25, -0.2) is 4.98 Å². The summed E-state index contributed by atoms with van der Waals surface area (Å²) < 4.78 is 10.8. The maximum atomic E-state index is 11.8. The highest BCUT2D eigenvalue weighted by Crippen LogP contribution is 2.08. The van der Waals surface area contributed by atoms with Gasteiger partial charge in [0.05, 0.1) is 0 Å². The van der Waals surface area contributed by atoms with Gasteiger partial charge in [-0.3, -0.25) is 9.00 Å². The Morgan fingerprint density at radius 3 is 2.82 bits per heavy atom. The molecule has 1 aromatic rings. The van der Waals surface area contributed by atoms with E-state index in [9.17, 15) is 9.00 Å². The van der Waals surface area contributed by atoms with Gasteiger partial charge in [0.25, 0.3) is 5.91 Å². The number of nitrogens with zero attached hydrogens (tertiary/aromatic N) is 1. The van der Waals surface area contributed by atoms with Crippen molar-refractivity contribution in [1.29, 1.82) is 0 Å². The summed E-state index contributed by atoms with van der Waals surface area (Å²) in [5, 5.41) is 2.69. The lowest BCUT2D eigenvalue weighted by Crippen LogP contribution is -2.27. The van der Waals surface area contributed by atoms with E-state index in [0.717, 1.165) is 12.1 Å². The monoisotopic (exact) mass is 255 g/mol. The molecule has 1 atom stereocenters. The Morgan fingerprint density at radius 2 is 2.24 bits per heavy atom. The normalized spacial score (nSPS) is 12.1. The molecule has 0 aliphatic rings. The van der Waals surface area contributed by atoms with Gasteiger partial charge in [0.1, 0.15) is 5.82 Å². The van der Waals surface area contributed by atoms with Crippen molar-refractivity contribution in [3.05, 3.63) is 23.4 Å². The number of carbonyl (C=O) groups is 1. The molecule has 0 bridgehead atoms. The summed E-state index contributed by atoms with van der Waals surface area (Å²) in [7, 11) is -0.901. The van der Waals surface area contributed by atoms with Gasteiger partial charge in [0.15, 0.2) is 0 Å². The zero-order valence-corrected chi connectivity index (χ0v) is 10.8. The molecular formula is C11H17N3O2S. The van der Waals surface area contributed by atoms with Gasteiger partial charge in [0.2, 0.25) is 0 Å². The Kier molecular flexibility index (Phi) is 5.09. The highest BCUT2D eigenvalue weighted by Gasteiger charge is 2.08. The molecule has 1 amide bonds. The topological polar surface area (TPSA) is 85.1 Å². The summed E-state index contributed by atoms with van der Waals surface area (Å²) in [5.41, 5.74) is 6.89. The number of rotatable bonds is 5. The first-order valence-electron chi connectivity index (χ1n) is 5.37. The van der Waals surface area contributed by atoms with Crippen LogP contribution in [0.15, 0.2) is 12.1 Å². The van der Waals surface area contributed by atoms with Crippen molar-refractivity contribution in [2.75, 3.05) is 24.3 Å². The molecule has 1 unspecified atom stereocenters. The van der Waals surface area contributed by atoms with Crippen molar-refractivity contribution >= 4 is 22.5 Å². The minimum Gasteiger partial charge on any atom is -0.384 e. The third-order valence-electron chi connectivity index (χ3n) is 2.20. The zero-order valence-electron chi connectivity index (χ0n) is 10.0. The van der Waals surface area contributed by atoms with Gasteiger partial charge >= 0.3 is 0 Å². The van der Waals surface area contributed by atoms with Crippen LogP contribution in [-0.4, -0.2) is 33.7 Å². The van der Waals surface area contributed by atoms with Crippen LogP contribution in [0.1, 0.15) is 23.0 Å². The number of carbonyl (C=O) groups excluding carboxylic acids is 1. The molecule has 1 aromatic heterocycles. The number of nitrogens with one attached hydrogen (secondary N) is 1. The zero-order chi connectivity index (χ0) is 12.8. The SMILES string of the molecule is CCc1cc(C(=O)NCCS(C)=O)cc(N)n1. The number of amides is 1. The van der Waals surface area contributed by atoms with Gasteiger partial charge in [-0.2, -0.15) is 0 Å². The van der Waals surface area contributed by atoms with E-state index in [2.05, 4.69) is 10.3 Å². The fourth-order valence-corrected chi connectivity index (χ4v) is 1.72. The molecular weight excluding hydrogens is 238 g/mol. The molecule has 0 radical (unpaired) electrons. The number of hydrogen-bond acceptors (Lipinski definition) is 4. The highest BCUT2D eigenvalue weighted by atomic mass is 32.2. The van der Waals surface area contributed by atoms with Crippen LogP contribution >= 0.6 is 0 Å². The van der Waals surface area contributed by atoms with Crippen LogP contribution in [0.25, 0.3) is 0 Å². The van der Waals surface area contributed by atoms with Crippen molar-refractivity contribution in [2.24, 2.45) is 0 Å². The molecule has 0 aliphatic heterocycles. The Labute approximate surface area is 103 Å². The molecule has 3 N–H and O–H groups in total. The Balaban J connectivity index is 2.68. The summed E-state index contributed by atoms with van der Waals surface area (Å²) >= 11 is 0. The first-order chi connectivity index (χ1) is 8.02. The average Bonchev–Trinajstić information content (AvgIpc) is 2.27. The Morgan fingerprint density at radius 1 is 1.53 bits per heavy atom. The minimum atomic E-state index is -0.901. The van der Waals surface area contributed by atoms with E-state index in [0.29, 0.717) is 23.7 Å². The van der Waals surface area contributed by atoms with Crippen molar-refractivity contribution in [1.82, 2.24) is 10.3 Å². The van der Waals surface area contributed by atoms with E-state index in [4.69, 9.17) is 5.73 Å². The number of hydrogen-bond donors (Lipinski definition) is 2. The second-order valence-electron chi connectivity index (χ2n) is 3.66. The maximum Gasteiger partial charge on any atom is 0.251 e. The fraction of sp³-hybridized carbons (Fsp3) is 0.455. The molecule has 5 nitrogen and oxygen atoms in total. The van der Waals surface area contributed by atoms with E-state index in [-0.39, 0.29) is 5.91 Å². The first kappa shape index (κ1) is 13.6. The minimum absolute atomic E-state index is 0.209. The van der Waals surface area contributed by atoms with Gasteiger partial charge in [-0.05, 0) is 18.6 Å². The van der Waals surface area contributed by atoms with Gasteiger partial charge in [-0.1, -0.05) is 6.92 Å². The Bertz CT molecular complexity index is 435. The predicted octanol–water partition coefficient (Wildman–Crippen LogP) is 0.334. The summed E-state index contributed by atoms with van der Waals surface area (Å²) in [6, 6.07) is 3.26. The molecule has 1 rings (SSSR count). The molecule has 0 aliphatic carbocycles. The van der Waals surface area contributed by atoms with Crippen molar-refractivity contribution in [2.45, 2.75) is 13.3 Å². The van der Waals surface area contributed by atoms with E-state index in [1.165, 1.54) is 6.07 Å². The molecule has 94 valence electrons. The quantitative estimate of drug-likeness (QED) is 0.794. The fourth-order valence-electron chi connectivity index (χ4n) is 1.33. The first-order valence-corrected chi connectivity index (χ1v) is 7.10. The lowest BCUT2D eigenvalue weighted by molar-refractivity contribution is 0.0956. The smallest absolute Gasteiger partial charge is 0.251 e. The summed E-state index contributed by atoms with van der Waals surface area (Å²) in [6.45, 7) is 2.34. The van der Waals surface area contributed by atoms with Crippen LogP contribution in [-0.2, 0) is 17.2 Å². The van der Waals surface area contributed by atoms with Gasteiger partial charge in [-0.15, -0.1) is 0 Å². The molecule has 17 heavy (non-hydrogen) atoms. The second kappa shape index (κ2) is 6.34. The summed E-state index contributed by atoms with van der Waals surface area (Å²) in [6.07, 6.45) is 2.33. The van der Waals surface area contributed by atoms with Crippen LogP contribution in [0.3, 0.4) is 0 Å². The lowest BCUT2D eigenvalue weighted by atomic mass is 10.2. The highest BCUT2D eigenvalue weighted by molar-refractivity contribution is 7.84. The maximum absolute atomic E-state index is 11.8. The van der Waals surface area contributed by atoms with E-state index < -0.39 is 10.8 Å². The summed E-state index contributed by atoms with van der Waals surface area (Å²) in [4.78, 5) is 15.8. The van der Waals surface area contributed by atoms with Crippen LogP contribution in [0.5, 0.6) is 0 Å². The molecule has 0 fully saturated rings. The molecule has 6 heteroatoms. The predicted molar refractivity (Wildman–Crippen MR) is 69.3 cm³/mol. The Hall–Kier alpha value is -1.43. The van der Waals surface area contributed by atoms with Crippen molar-refractivity contribution in [3.8, 4) is 0 Å². The van der Waals surface area contributed by atoms with E-state index >= 15 is 0 Å². The lowest BCUT2D eigenvalue weighted by Gasteiger charge is -2.06. The summed E-state index contributed by atoms with van der Waals surface area (Å²) in [5.74, 6) is 0.584. The van der Waals surface area contributed by atoms with Crippen LogP contribution in [0.2, 0.25) is 0 Å². The molecule has 0 saturated heterocycles. The van der Waals surface area contributed by atoms with Gasteiger partial charge < -0.3 is 11.1 Å². The number of aromatic nitrogens is 1. The molecule has 0 aromatic carbocycles. The van der Waals surface area contributed by atoms with Crippen molar-refractivity contribution in [3.63, 3.8) is 0 Å². The molecule has 0 spiro atoms. The molecule has 0 saturated carbocycles. The van der Waals surface area contributed by atoms with Crippen LogP contribution in [0, 0.1) is 0 Å². The molecule has 1 heterocycles. The third kappa shape index (κ3) is 4.52. The average molecular weight is 255 g/mol. The second-order valence-corrected chi connectivity index (χ2v) is 5.21. The van der Waals surface area contributed by atoms with Gasteiger partial charge in [0, 0.05) is 40.6 Å². The standard InChI is InChI=1S/C11H17N3O2S/c1-3-9-6-8(7-10(12)14-9)11(15)13-4-5-17(2)16/h6-7H,3-5H2,1-2H3,(H2,12,14)(H,13,15). The number of pyridine rings is 1. The van der Waals surface area contributed by atoms with Crippen LogP contribution < -0.4 is 11.1 Å². The van der Waals surface area contributed by atoms with E-state index in [1.54, 1.807) is 12.3 Å².